The maximum Gasteiger partial charge on any atom is 0.132 e. The molecule has 0 unspecified atom stereocenters. The van der Waals surface area contributed by atoms with Crippen LogP contribution in [0.5, 0.6) is 0 Å². The molecular weight excluding hydrogens is 265 g/mol. The van der Waals surface area contributed by atoms with Crippen molar-refractivity contribution in [3.8, 4) is 0 Å². The highest BCUT2D eigenvalue weighted by Crippen LogP contribution is 2.23. The summed E-state index contributed by atoms with van der Waals surface area (Å²) in [5, 5.41) is 3.35. The van der Waals surface area contributed by atoms with E-state index in [1.54, 1.807) is 6.07 Å². The molecule has 0 bridgehead atoms. The Labute approximate surface area is 125 Å². The van der Waals surface area contributed by atoms with Gasteiger partial charge in [0.15, 0.2) is 0 Å². The number of nitrogens with zero attached hydrogens (tertiary/aromatic N) is 2. The zero-order valence-electron chi connectivity index (χ0n) is 12.6. The highest BCUT2D eigenvalue weighted by Gasteiger charge is 2.09. The van der Waals surface area contributed by atoms with Gasteiger partial charge in [-0.15, -0.1) is 0 Å². The smallest absolute Gasteiger partial charge is 0.132 e. The molecular formula is C17H22FN3. The van der Waals surface area contributed by atoms with Gasteiger partial charge in [0, 0.05) is 25.0 Å². The number of nitrogens with one attached hydrogen (secondary N) is 1. The molecule has 1 aromatic carbocycles. The first-order valence-electron chi connectivity index (χ1n) is 7.43. The van der Waals surface area contributed by atoms with E-state index in [0.717, 1.165) is 43.1 Å². The van der Waals surface area contributed by atoms with Crippen LogP contribution < -0.4 is 10.2 Å². The molecule has 1 N–H and O–H groups in total. The molecule has 0 saturated heterocycles. The van der Waals surface area contributed by atoms with E-state index in [1.165, 1.54) is 12.1 Å². The summed E-state index contributed by atoms with van der Waals surface area (Å²) >= 11 is 0. The lowest BCUT2D eigenvalue weighted by Crippen LogP contribution is -2.18. The van der Waals surface area contributed by atoms with Crippen molar-refractivity contribution >= 4 is 11.5 Å². The fourth-order valence-electron chi connectivity index (χ4n) is 2.21. The van der Waals surface area contributed by atoms with E-state index in [0.29, 0.717) is 0 Å². The van der Waals surface area contributed by atoms with Crippen LogP contribution in [0.3, 0.4) is 0 Å². The van der Waals surface area contributed by atoms with E-state index in [9.17, 15) is 4.39 Å². The number of rotatable bonds is 7. The molecule has 2 aromatic rings. The number of benzene rings is 1. The van der Waals surface area contributed by atoms with Crippen LogP contribution in [0.15, 0.2) is 42.6 Å². The van der Waals surface area contributed by atoms with Gasteiger partial charge in [-0.3, -0.25) is 0 Å². The summed E-state index contributed by atoms with van der Waals surface area (Å²) in [6.45, 7) is 6.75. The lowest BCUT2D eigenvalue weighted by Gasteiger charge is -2.22. The van der Waals surface area contributed by atoms with Crippen molar-refractivity contribution in [3.63, 3.8) is 0 Å². The average Bonchev–Trinajstić information content (AvgIpc) is 2.50. The molecule has 0 saturated carbocycles. The molecule has 1 heterocycles. The Morgan fingerprint density at radius 3 is 2.67 bits per heavy atom. The summed E-state index contributed by atoms with van der Waals surface area (Å²) < 4.78 is 13.4. The molecule has 2 rings (SSSR count). The van der Waals surface area contributed by atoms with Crippen molar-refractivity contribution in [2.75, 3.05) is 18.0 Å². The van der Waals surface area contributed by atoms with Crippen LogP contribution in [-0.4, -0.2) is 18.1 Å². The highest BCUT2D eigenvalue weighted by molar-refractivity contribution is 5.59. The van der Waals surface area contributed by atoms with E-state index >= 15 is 0 Å². The number of pyridine rings is 1. The Morgan fingerprint density at radius 1 is 1.19 bits per heavy atom. The van der Waals surface area contributed by atoms with Crippen LogP contribution in [0, 0.1) is 5.82 Å². The molecule has 21 heavy (non-hydrogen) atoms. The van der Waals surface area contributed by atoms with E-state index < -0.39 is 0 Å². The predicted molar refractivity (Wildman–Crippen MR) is 85.3 cm³/mol. The second-order valence-corrected chi connectivity index (χ2v) is 4.93. The van der Waals surface area contributed by atoms with Gasteiger partial charge in [0.05, 0.1) is 0 Å². The van der Waals surface area contributed by atoms with Crippen molar-refractivity contribution < 1.29 is 4.39 Å². The fraction of sp³-hybridized carbons (Fsp3) is 0.353. The van der Waals surface area contributed by atoms with Crippen LogP contribution in [-0.2, 0) is 6.54 Å². The number of hydrogen-bond donors (Lipinski definition) is 1. The lowest BCUT2D eigenvalue weighted by molar-refractivity contribution is 0.627. The third-order valence-electron chi connectivity index (χ3n) is 3.28. The maximum atomic E-state index is 13.4. The van der Waals surface area contributed by atoms with Gasteiger partial charge < -0.3 is 10.2 Å². The Balaban J connectivity index is 2.12. The summed E-state index contributed by atoms with van der Waals surface area (Å²) in [7, 11) is 0. The van der Waals surface area contributed by atoms with E-state index in [4.69, 9.17) is 0 Å². The molecule has 0 aliphatic heterocycles. The molecule has 0 spiro atoms. The summed E-state index contributed by atoms with van der Waals surface area (Å²) in [4.78, 5) is 6.49. The Hall–Kier alpha value is -1.94. The molecule has 0 aliphatic carbocycles. The molecule has 0 amide bonds. The molecule has 1 aromatic heterocycles. The van der Waals surface area contributed by atoms with Crippen molar-refractivity contribution in [3.05, 3.63) is 54.0 Å². The van der Waals surface area contributed by atoms with Crippen LogP contribution in [0.2, 0.25) is 0 Å². The Kier molecular flexibility index (Phi) is 5.69. The van der Waals surface area contributed by atoms with Gasteiger partial charge in [-0.25, -0.2) is 9.37 Å². The van der Waals surface area contributed by atoms with Crippen LogP contribution in [0.25, 0.3) is 0 Å². The third-order valence-corrected chi connectivity index (χ3v) is 3.28. The number of halogens is 1. The summed E-state index contributed by atoms with van der Waals surface area (Å²) in [6, 6.07) is 10.6. The minimum Gasteiger partial charge on any atom is -0.327 e. The predicted octanol–water partition coefficient (Wildman–Crippen LogP) is 3.88. The van der Waals surface area contributed by atoms with Gasteiger partial charge >= 0.3 is 0 Å². The molecule has 4 heteroatoms. The maximum absolute atomic E-state index is 13.4. The van der Waals surface area contributed by atoms with Crippen molar-refractivity contribution in [1.82, 2.24) is 10.3 Å². The largest absolute Gasteiger partial charge is 0.327 e. The monoisotopic (exact) mass is 287 g/mol. The molecule has 0 aliphatic rings. The van der Waals surface area contributed by atoms with Gasteiger partial charge in [-0.1, -0.05) is 19.1 Å². The summed E-state index contributed by atoms with van der Waals surface area (Å²) in [5.74, 6) is 0.605. The second-order valence-electron chi connectivity index (χ2n) is 4.93. The standard InChI is InChI=1S/C17H22FN3/c1-3-10-19-12-14-8-9-17(20-13-14)21(4-2)16-7-5-6-15(18)11-16/h5-9,11,13,19H,3-4,10,12H2,1-2H3. The van der Waals surface area contributed by atoms with E-state index in [1.807, 2.05) is 30.2 Å². The SMILES string of the molecule is CCCNCc1ccc(N(CC)c2cccc(F)c2)nc1. The second kappa shape index (κ2) is 7.74. The summed E-state index contributed by atoms with van der Waals surface area (Å²) in [5.41, 5.74) is 1.98. The average molecular weight is 287 g/mol. The number of hydrogen-bond acceptors (Lipinski definition) is 3. The van der Waals surface area contributed by atoms with Gasteiger partial charge in [-0.05, 0) is 49.7 Å². The molecule has 0 radical (unpaired) electrons. The van der Waals surface area contributed by atoms with Gasteiger partial charge in [0.25, 0.3) is 0 Å². The van der Waals surface area contributed by atoms with Gasteiger partial charge in [0.2, 0.25) is 0 Å². The number of anilines is 2. The van der Waals surface area contributed by atoms with Crippen LogP contribution >= 0.6 is 0 Å². The minimum absolute atomic E-state index is 0.230. The van der Waals surface area contributed by atoms with Crippen molar-refractivity contribution in [2.45, 2.75) is 26.8 Å². The van der Waals surface area contributed by atoms with Gasteiger partial charge in [-0.2, -0.15) is 0 Å². The fourth-order valence-corrected chi connectivity index (χ4v) is 2.21. The van der Waals surface area contributed by atoms with E-state index in [2.05, 4.69) is 23.3 Å². The van der Waals surface area contributed by atoms with Crippen molar-refractivity contribution in [1.29, 1.82) is 0 Å². The Bertz CT molecular complexity index is 554. The molecule has 112 valence electrons. The van der Waals surface area contributed by atoms with Crippen molar-refractivity contribution in [2.24, 2.45) is 0 Å². The molecule has 0 atom stereocenters. The normalized spacial score (nSPS) is 10.6. The zero-order chi connectivity index (χ0) is 15.1. The minimum atomic E-state index is -0.230. The topological polar surface area (TPSA) is 28.2 Å². The lowest BCUT2D eigenvalue weighted by atomic mass is 10.2. The zero-order valence-corrected chi connectivity index (χ0v) is 12.6. The first kappa shape index (κ1) is 15.4. The summed E-state index contributed by atoms with van der Waals surface area (Å²) in [6.07, 6.45) is 2.99. The van der Waals surface area contributed by atoms with Gasteiger partial charge in [0.1, 0.15) is 11.6 Å². The van der Waals surface area contributed by atoms with E-state index in [-0.39, 0.29) is 5.82 Å². The third kappa shape index (κ3) is 4.26. The first-order chi connectivity index (χ1) is 10.2. The molecule has 0 fully saturated rings. The quantitative estimate of drug-likeness (QED) is 0.783. The van der Waals surface area contributed by atoms with Crippen LogP contribution in [0.4, 0.5) is 15.9 Å². The highest BCUT2D eigenvalue weighted by atomic mass is 19.1. The Morgan fingerprint density at radius 2 is 2.05 bits per heavy atom. The molecule has 3 nitrogen and oxygen atoms in total. The number of aromatic nitrogens is 1. The van der Waals surface area contributed by atoms with Crippen LogP contribution in [0.1, 0.15) is 25.8 Å². The first-order valence-corrected chi connectivity index (χ1v) is 7.43.